The van der Waals surface area contributed by atoms with Crippen molar-refractivity contribution in [2.75, 3.05) is 19.4 Å². The Hall–Kier alpha value is -1.43. The maximum absolute atomic E-state index is 12.7. The summed E-state index contributed by atoms with van der Waals surface area (Å²) < 4.78 is 33.6. The number of hydrogen-bond donors (Lipinski definition) is 0. The van der Waals surface area contributed by atoms with Crippen LogP contribution in [0.25, 0.3) is 0 Å². The highest BCUT2D eigenvalue weighted by Crippen LogP contribution is 2.49. The van der Waals surface area contributed by atoms with E-state index in [1.165, 1.54) is 13.8 Å². The second-order valence-corrected chi connectivity index (χ2v) is 8.10. The third-order valence-electron chi connectivity index (χ3n) is 2.82. The molecule has 0 heterocycles. The van der Waals surface area contributed by atoms with Crippen LogP contribution in [0.4, 0.5) is 0 Å². The minimum Gasteiger partial charge on any atom is -0.457 e. The van der Waals surface area contributed by atoms with Gasteiger partial charge in [0.1, 0.15) is 12.2 Å². The molecule has 2 unspecified atom stereocenters. The molecule has 0 rings (SSSR count). The fourth-order valence-corrected chi connectivity index (χ4v) is 3.27. The van der Waals surface area contributed by atoms with Gasteiger partial charge >= 0.3 is 19.5 Å². The number of esters is 2. The molecule has 0 N–H and O–H groups in total. The Kier molecular flexibility index (Phi) is 10.6. The second-order valence-electron chi connectivity index (χ2n) is 5.92. The van der Waals surface area contributed by atoms with Crippen molar-refractivity contribution in [1.29, 1.82) is 0 Å². The number of carbonyl (C=O) groups excluding carboxylic acids is 2. The van der Waals surface area contributed by atoms with E-state index in [9.17, 15) is 14.2 Å². The summed E-state index contributed by atoms with van der Waals surface area (Å²) in [5.74, 6) is -1.08. The topological polar surface area (TPSA) is 88.1 Å². The third-order valence-corrected chi connectivity index (χ3v) is 4.90. The van der Waals surface area contributed by atoms with Crippen molar-refractivity contribution >= 4 is 19.5 Å². The molecule has 7 nitrogen and oxygen atoms in total. The number of carbonyl (C=O) groups is 2. The summed E-state index contributed by atoms with van der Waals surface area (Å²) in [5.41, 5.74) is 0.543. The van der Waals surface area contributed by atoms with Crippen molar-refractivity contribution in [3.05, 3.63) is 24.3 Å². The Labute approximate surface area is 149 Å². The van der Waals surface area contributed by atoms with E-state index in [-0.39, 0.29) is 30.5 Å². The molecule has 2 atom stereocenters. The van der Waals surface area contributed by atoms with E-state index in [1.807, 2.05) is 6.92 Å². The van der Waals surface area contributed by atoms with Crippen molar-refractivity contribution in [1.82, 2.24) is 0 Å². The zero-order valence-electron chi connectivity index (χ0n) is 15.7. The Morgan fingerprint density at radius 2 is 1.28 bits per heavy atom. The summed E-state index contributed by atoms with van der Waals surface area (Å²) in [6.45, 7) is 15.0. The highest BCUT2D eigenvalue weighted by Gasteiger charge is 2.27. The zero-order valence-corrected chi connectivity index (χ0v) is 16.6. The lowest BCUT2D eigenvalue weighted by molar-refractivity contribution is -0.145. The first-order valence-corrected chi connectivity index (χ1v) is 9.84. The summed E-state index contributed by atoms with van der Waals surface area (Å²) in [6, 6.07) is 0. The smallest absolute Gasteiger partial charge is 0.333 e. The molecular formula is C17H29O7P. The van der Waals surface area contributed by atoms with Crippen LogP contribution in [0.3, 0.4) is 0 Å². The van der Waals surface area contributed by atoms with E-state index in [1.54, 1.807) is 13.8 Å². The standard InChI is InChI=1S/C17H29O7P/c1-8-9-25(20,21-10-14(6)23-16(18)12(2)3)22-11-15(7)24-17(19)13(4)5/h14-15H,2,4,8-11H2,1,3,5-7H3. The van der Waals surface area contributed by atoms with Crippen LogP contribution in [-0.4, -0.2) is 43.5 Å². The van der Waals surface area contributed by atoms with Gasteiger partial charge in [-0.1, -0.05) is 20.1 Å². The number of hydrogen-bond acceptors (Lipinski definition) is 7. The zero-order chi connectivity index (χ0) is 19.6. The van der Waals surface area contributed by atoms with E-state index in [4.69, 9.17) is 18.5 Å². The second kappa shape index (κ2) is 11.2. The fourth-order valence-electron chi connectivity index (χ4n) is 1.51. The van der Waals surface area contributed by atoms with Crippen LogP contribution in [0.2, 0.25) is 0 Å². The van der Waals surface area contributed by atoms with Crippen molar-refractivity contribution in [2.24, 2.45) is 0 Å². The largest absolute Gasteiger partial charge is 0.457 e. The SMILES string of the molecule is C=C(C)C(=O)OC(C)COP(=O)(CCC)OCC(C)OC(=O)C(=C)C. The fraction of sp³-hybridized carbons (Fsp3) is 0.647. The average molecular weight is 376 g/mol. The van der Waals surface area contributed by atoms with E-state index in [0.717, 1.165) is 0 Å². The van der Waals surface area contributed by atoms with Crippen molar-refractivity contribution in [3.63, 3.8) is 0 Å². The summed E-state index contributed by atoms with van der Waals surface area (Å²) >= 11 is 0. The van der Waals surface area contributed by atoms with Crippen LogP contribution < -0.4 is 0 Å². The van der Waals surface area contributed by atoms with Gasteiger partial charge in [0.25, 0.3) is 0 Å². The molecule has 0 radical (unpaired) electrons. The lowest BCUT2D eigenvalue weighted by atomic mass is 10.3. The first-order valence-electron chi connectivity index (χ1n) is 8.11. The van der Waals surface area contributed by atoms with Gasteiger partial charge in [0.15, 0.2) is 0 Å². The molecule has 0 saturated carbocycles. The molecular weight excluding hydrogens is 347 g/mol. The first-order chi connectivity index (χ1) is 11.5. The Balaban J connectivity index is 4.55. The molecule has 0 spiro atoms. The van der Waals surface area contributed by atoms with Gasteiger partial charge in [-0.25, -0.2) is 9.59 Å². The van der Waals surface area contributed by atoms with E-state index in [2.05, 4.69) is 13.2 Å². The Bertz CT molecular complexity index is 499. The molecule has 0 aliphatic carbocycles. The lowest BCUT2D eigenvalue weighted by Gasteiger charge is -2.22. The molecule has 0 aromatic rings. The normalized spacial score (nSPS) is 15.6. The molecule has 0 fully saturated rings. The minimum atomic E-state index is -3.39. The molecule has 144 valence electrons. The Morgan fingerprint density at radius 1 is 0.920 bits per heavy atom. The Morgan fingerprint density at radius 3 is 1.56 bits per heavy atom. The van der Waals surface area contributed by atoms with Gasteiger partial charge < -0.3 is 18.5 Å². The first kappa shape index (κ1) is 23.6. The van der Waals surface area contributed by atoms with Crippen LogP contribution in [0.1, 0.15) is 41.0 Å². The van der Waals surface area contributed by atoms with Gasteiger partial charge in [-0.3, -0.25) is 4.57 Å². The molecule has 0 aromatic heterocycles. The van der Waals surface area contributed by atoms with E-state index >= 15 is 0 Å². The highest BCUT2D eigenvalue weighted by molar-refractivity contribution is 7.53. The van der Waals surface area contributed by atoms with Gasteiger partial charge in [0.05, 0.1) is 13.2 Å². The lowest BCUT2D eigenvalue weighted by Crippen LogP contribution is -2.23. The van der Waals surface area contributed by atoms with Gasteiger partial charge in [0, 0.05) is 17.3 Å². The van der Waals surface area contributed by atoms with Crippen molar-refractivity contribution < 1.29 is 32.7 Å². The maximum atomic E-state index is 12.7. The van der Waals surface area contributed by atoms with Gasteiger partial charge in [0.2, 0.25) is 0 Å². The minimum absolute atomic E-state index is 0.0732. The van der Waals surface area contributed by atoms with Crippen LogP contribution in [-0.2, 0) is 32.7 Å². The molecule has 0 saturated heterocycles. The molecule has 0 amide bonds. The van der Waals surface area contributed by atoms with Gasteiger partial charge in [-0.05, 0) is 34.1 Å². The van der Waals surface area contributed by atoms with Crippen LogP contribution in [0, 0.1) is 0 Å². The van der Waals surface area contributed by atoms with E-state index in [0.29, 0.717) is 6.42 Å². The average Bonchev–Trinajstić information content (AvgIpc) is 2.51. The van der Waals surface area contributed by atoms with Gasteiger partial charge in [-0.15, -0.1) is 0 Å². The van der Waals surface area contributed by atoms with Crippen molar-refractivity contribution in [2.45, 2.75) is 53.2 Å². The number of ether oxygens (including phenoxy) is 2. The third kappa shape index (κ3) is 10.2. The monoisotopic (exact) mass is 376 g/mol. The highest BCUT2D eigenvalue weighted by atomic mass is 31.2. The van der Waals surface area contributed by atoms with E-state index < -0.39 is 31.7 Å². The summed E-state index contributed by atoms with van der Waals surface area (Å²) in [7, 11) is -3.39. The summed E-state index contributed by atoms with van der Waals surface area (Å²) in [5, 5.41) is 0. The van der Waals surface area contributed by atoms with Crippen LogP contribution >= 0.6 is 7.60 Å². The molecule has 0 bridgehead atoms. The predicted octanol–water partition coefficient (Wildman–Crippen LogP) is 3.64. The molecule has 0 aliphatic rings. The molecule has 0 aromatic carbocycles. The van der Waals surface area contributed by atoms with Crippen molar-refractivity contribution in [3.8, 4) is 0 Å². The quantitative estimate of drug-likeness (QED) is 0.292. The maximum Gasteiger partial charge on any atom is 0.333 e. The van der Waals surface area contributed by atoms with Crippen LogP contribution in [0.15, 0.2) is 24.3 Å². The molecule has 0 aliphatic heterocycles. The number of rotatable bonds is 12. The van der Waals surface area contributed by atoms with Gasteiger partial charge in [-0.2, -0.15) is 0 Å². The molecule has 8 heteroatoms. The molecule has 25 heavy (non-hydrogen) atoms. The van der Waals surface area contributed by atoms with Crippen LogP contribution in [0.5, 0.6) is 0 Å². The summed E-state index contributed by atoms with van der Waals surface area (Å²) in [4.78, 5) is 22.9. The summed E-state index contributed by atoms with van der Waals surface area (Å²) in [6.07, 6.45) is -0.416. The predicted molar refractivity (Wildman–Crippen MR) is 95.4 cm³/mol.